The molecule has 24 heavy (non-hydrogen) atoms. The minimum absolute atomic E-state index is 0.00941. The first kappa shape index (κ1) is 16.1. The standard InChI is InChI=1S/C20H21N3O/c1-22(2)14-15-23-19(13-12-16-8-4-3-5-9-16)21-18-11-7-6-10-17(18)20(23)24/h3-13H,14-15H2,1-2H3/b13-12+. The molecule has 0 atom stereocenters. The van der Waals surface area contributed by atoms with Gasteiger partial charge in [0.1, 0.15) is 5.82 Å². The van der Waals surface area contributed by atoms with Gasteiger partial charge in [-0.3, -0.25) is 9.36 Å². The van der Waals surface area contributed by atoms with Crippen LogP contribution >= 0.6 is 0 Å². The lowest BCUT2D eigenvalue weighted by molar-refractivity contribution is 0.379. The smallest absolute Gasteiger partial charge is 0.261 e. The molecule has 1 aromatic heterocycles. The molecule has 4 heteroatoms. The fourth-order valence-corrected chi connectivity index (χ4v) is 2.56. The van der Waals surface area contributed by atoms with Gasteiger partial charge in [0.25, 0.3) is 5.56 Å². The molecule has 0 radical (unpaired) electrons. The molecule has 0 N–H and O–H groups in total. The Labute approximate surface area is 141 Å². The SMILES string of the molecule is CN(C)CCn1c(/C=C/c2ccccc2)nc2ccccc2c1=O. The third kappa shape index (κ3) is 3.60. The van der Waals surface area contributed by atoms with E-state index < -0.39 is 0 Å². The Hall–Kier alpha value is -2.72. The van der Waals surface area contributed by atoms with Crippen molar-refractivity contribution in [2.45, 2.75) is 6.54 Å². The highest BCUT2D eigenvalue weighted by Crippen LogP contribution is 2.11. The molecule has 0 amide bonds. The zero-order chi connectivity index (χ0) is 16.9. The fraction of sp³-hybridized carbons (Fsp3) is 0.200. The molecule has 0 aliphatic heterocycles. The lowest BCUT2D eigenvalue weighted by atomic mass is 10.2. The highest BCUT2D eigenvalue weighted by molar-refractivity contribution is 5.79. The Balaban J connectivity index is 2.08. The molecule has 122 valence electrons. The highest BCUT2D eigenvalue weighted by Gasteiger charge is 2.09. The van der Waals surface area contributed by atoms with Crippen LogP contribution in [0, 0.1) is 0 Å². The van der Waals surface area contributed by atoms with Crippen LogP contribution in [-0.2, 0) is 6.54 Å². The van der Waals surface area contributed by atoms with Crippen molar-refractivity contribution in [3.05, 3.63) is 76.3 Å². The van der Waals surface area contributed by atoms with Crippen molar-refractivity contribution in [2.24, 2.45) is 0 Å². The van der Waals surface area contributed by atoms with E-state index in [0.717, 1.165) is 17.6 Å². The van der Waals surface area contributed by atoms with Gasteiger partial charge < -0.3 is 4.90 Å². The zero-order valence-corrected chi connectivity index (χ0v) is 14.0. The van der Waals surface area contributed by atoms with Crippen molar-refractivity contribution in [2.75, 3.05) is 20.6 Å². The average molecular weight is 319 g/mol. The number of para-hydroxylation sites is 1. The Bertz CT molecular complexity index is 911. The van der Waals surface area contributed by atoms with Crippen molar-refractivity contribution in [1.82, 2.24) is 14.5 Å². The summed E-state index contributed by atoms with van der Waals surface area (Å²) in [7, 11) is 4.00. The van der Waals surface area contributed by atoms with E-state index in [2.05, 4.69) is 9.88 Å². The van der Waals surface area contributed by atoms with Gasteiger partial charge in [-0.1, -0.05) is 48.5 Å². The summed E-state index contributed by atoms with van der Waals surface area (Å²) in [6.07, 6.45) is 3.90. The van der Waals surface area contributed by atoms with Crippen LogP contribution in [0.1, 0.15) is 11.4 Å². The van der Waals surface area contributed by atoms with E-state index in [-0.39, 0.29) is 5.56 Å². The minimum Gasteiger partial charge on any atom is -0.308 e. The predicted octanol–water partition coefficient (Wildman–Crippen LogP) is 3.13. The number of hydrogen-bond donors (Lipinski definition) is 0. The Morgan fingerprint density at radius 3 is 2.46 bits per heavy atom. The first-order valence-electron chi connectivity index (χ1n) is 8.02. The molecule has 0 aliphatic rings. The molecule has 0 aliphatic carbocycles. The Morgan fingerprint density at radius 1 is 1.00 bits per heavy atom. The second kappa shape index (κ2) is 7.23. The summed E-state index contributed by atoms with van der Waals surface area (Å²) in [5.74, 6) is 0.685. The first-order valence-corrected chi connectivity index (χ1v) is 8.02. The predicted molar refractivity (Wildman–Crippen MR) is 99.9 cm³/mol. The van der Waals surface area contributed by atoms with E-state index >= 15 is 0 Å². The maximum atomic E-state index is 12.8. The third-order valence-corrected chi connectivity index (χ3v) is 3.89. The fourth-order valence-electron chi connectivity index (χ4n) is 2.56. The topological polar surface area (TPSA) is 38.1 Å². The summed E-state index contributed by atoms with van der Waals surface area (Å²) >= 11 is 0. The molecule has 0 fully saturated rings. The molecule has 0 saturated heterocycles. The molecule has 4 nitrogen and oxygen atoms in total. The quantitative estimate of drug-likeness (QED) is 0.725. The van der Waals surface area contributed by atoms with Crippen molar-refractivity contribution in [1.29, 1.82) is 0 Å². The number of aromatic nitrogens is 2. The van der Waals surface area contributed by atoms with E-state index in [1.807, 2.05) is 80.8 Å². The monoisotopic (exact) mass is 319 g/mol. The van der Waals surface area contributed by atoms with Crippen molar-refractivity contribution >= 4 is 23.1 Å². The lowest BCUT2D eigenvalue weighted by Crippen LogP contribution is -2.29. The molecule has 0 spiro atoms. The van der Waals surface area contributed by atoms with Crippen LogP contribution in [-0.4, -0.2) is 35.1 Å². The van der Waals surface area contributed by atoms with Crippen LogP contribution < -0.4 is 5.56 Å². The van der Waals surface area contributed by atoms with Gasteiger partial charge in [-0.25, -0.2) is 4.98 Å². The second-order valence-electron chi connectivity index (χ2n) is 5.99. The van der Waals surface area contributed by atoms with Gasteiger partial charge in [0.2, 0.25) is 0 Å². The van der Waals surface area contributed by atoms with Gasteiger partial charge in [-0.15, -0.1) is 0 Å². The van der Waals surface area contributed by atoms with Crippen LogP contribution in [0.5, 0.6) is 0 Å². The van der Waals surface area contributed by atoms with Crippen LogP contribution in [0.4, 0.5) is 0 Å². The maximum Gasteiger partial charge on any atom is 0.261 e. The normalized spacial score (nSPS) is 11.6. The third-order valence-electron chi connectivity index (χ3n) is 3.89. The van der Waals surface area contributed by atoms with Gasteiger partial charge in [0.05, 0.1) is 10.9 Å². The number of likely N-dealkylation sites (N-methyl/N-ethyl adjacent to an activating group) is 1. The van der Waals surface area contributed by atoms with Crippen LogP contribution in [0.25, 0.3) is 23.1 Å². The van der Waals surface area contributed by atoms with Crippen molar-refractivity contribution < 1.29 is 0 Å². The summed E-state index contributed by atoms with van der Waals surface area (Å²) in [5, 5.41) is 0.660. The highest BCUT2D eigenvalue weighted by atomic mass is 16.1. The minimum atomic E-state index is 0.00941. The van der Waals surface area contributed by atoms with E-state index in [9.17, 15) is 4.79 Å². The average Bonchev–Trinajstić information content (AvgIpc) is 2.60. The molecule has 1 heterocycles. The van der Waals surface area contributed by atoms with E-state index in [0.29, 0.717) is 17.8 Å². The van der Waals surface area contributed by atoms with Crippen molar-refractivity contribution in [3.63, 3.8) is 0 Å². The van der Waals surface area contributed by atoms with Crippen LogP contribution in [0.2, 0.25) is 0 Å². The zero-order valence-electron chi connectivity index (χ0n) is 14.0. The number of hydrogen-bond acceptors (Lipinski definition) is 3. The molecule has 2 aromatic carbocycles. The van der Waals surface area contributed by atoms with Gasteiger partial charge >= 0.3 is 0 Å². The maximum absolute atomic E-state index is 12.8. The summed E-state index contributed by atoms with van der Waals surface area (Å²) < 4.78 is 1.75. The molecule has 0 unspecified atom stereocenters. The Kier molecular flexibility index (Phi) is 4.87. The van der Waals surface area contributed by atoms with Gasteiger partial charge in [0, 0.05) is 13.1 Å². The van der Waals surface area contributed by atoms with Crippen molar-refractivity contribution in [3.8, 4) is 0 Å². The van der Waals surface area contributed by atoms with E-state index in [1.165, 1.54) is 0 Å². The summed E-state index contributed by atoms with van der Waals surface area (Å²) in [4.78, 5) is 19.6. The summed E-state index contributed by atoms with van der Waals surface area (Å²) in [6, 6.07) is 17.5. The largest absolute Gasteiger partial charge is 0.308 e. The molecule has 0 saturated carbocycles. The molecular formula is C20H21N3O. The van der Waals surface area contributed by atoms with Gasteiger partial charge in [-0.2, -0.15) is 0 Å². The molecular weight excluding hydrogens is 298 g/mol. The number of benzene rings is 2. The van der Waals surface area contributed by atoms with Gasteiger partial charge in [-0.05, 0) is 37.9 Å². The van der Waals surface area contributed by atoms with Crippen LogP contribution in [0.15, 0.2) is 59.4 Å². The van der Waals surface area contributed by atoms with E-state index in [4.69, 9.17) is 0 Å². The van der Waals surface area contributed by atoms with Gasteiger partial charge in [0.15, 0.2) is 0 Å². The molecule has 3 rings (SSSR count). The number of rotatable bonds is 5. The van der Waals surface area contributed by atoms with E-state index in [1.54, 1.807) is 4.57 Å². The summed E-state index contributed by atoms with van der Waals surface area (Å²) in [5.41, 5.74) is 1.82. The summed E-state index contributed by atoms with van der Waals surface area (Å²) in [6.45, 7) is 1.39. The molecule has 3 aromatic rings. The first-order chi connectivity index (χ1) is 11.6. The lowest BCUT2D eigenvalue weighted by Gasteiger charge is -2.14. The molecule has 0 bridgehead atoms. The number of nitrogens with zero attached hydrogens (tertiary/aromatic N) is 3. The second-order valence-corrected chi connectivity index (χ2v) is 5.99. The van der Waals surface area contributed by atoms with Crippen LogP contribution in [0.3, 0.4) is 0 Å². The Morgan fingerprint density at radius 2 is 1.71 bits per heavy atom. The number of fused-ring (bicyclic) bond motifs is 1.